The minimum Gasteiger partial charge on any atom is -0.376 e. The highest BCUT2D eigenvalue weighted by Gasteiger charge is 2.38. The van der Waals surface area contributed by atoms with Gasteiger partial charge in [0.2, 0.25) is 5.91 Å². The first-order chi connectivity index (χ1) is 10.1. The quantitative estimate of drug-likeness (QED) is 0.929. The lowest BCUT2D eigenvalue weighted by atomic mass is 10.1. The van der Waals surface area contributed by atoms with Crippen molar-refractivity contribution in [2.24, 2.45) is 0 Å². The normalized spacial score (nSPS) is 29.9. The van der Waals surface area contributed by atoms with Gasteiger partial charge in [0.15, 0.2) is 0 Å². The maximum Gasteiger partial charge on any atom is 0.241 e. The van der Waals surface area contributed by atoms with Crippen molar-refractivity contribution >= 4 is 5.91 Å². The number of hydrogen-bond donors (Lipinski definition) is 1. The second-order valence-electron chi connectivity index (χ2n) is 5.82. The van der Waals surface area contributed by atoms with Crippen molar-refractivity contribution in [3.63, 3.8) is 0 Å². The molecule has 3 rings (SSSR count). The number of amides is 1. The summed E-state index contributed by atoms with van der Waals surface area (Å²) in [4.78, 5) is 14.2. The largest absolute Gasteiger partial charge is 0.376 e. The molecule has 1 aromatic rings. The molecule has 0 saturated carbocycles. The van der Waals surface area contributed by atoms with Gasteiger partial charge in [-0.2, -0.15) is 0 Å². The van der Waals surface area contributed by atoms with E-state index in [1.54, 1.807) is 12.1 Å². The molecule has 2 aliphatic heterocycles. The zero-order valence-corrected chi connectivity index (χ0v) is 12.2. The van der Waals surface area contributed by atoms with E-state index in [4.69, 9.17) is 4.74 Å². The Morgan fingerprint density at radius 2 is 2.10 bits per heavy atom. The van der Waals surface area contributed by atoms with Gasteiger partial charge in [-0.05, 0) is 43.9 Å². The predicted molar refractivity (Wildman–Crippen MR) is 77.0 cm³/mol. The van der Waals surface area contributed by atoms with Crippen LogP contribution in [-0.2, 0) is 9.53 Å². The molecule has 1 aromatic carbocycles. The van der Waals surface area contributed by atoms with Crippen LogP contribution < -0.4 is 5.32 Å². The summed E-state index contributed by atoms with van der Waals surface area (Å²) < 4.78 is 18.8. The van der Waals surface area contributed by atoms with Crippen molar-refractivity contribution in [2.45, 2.75) is 44.5 Å². The van der Waals surface area contributed by atoms with Gasteiger partial charge in [0.05, 0.1) is 12.1 Å². The van der Waals surface area contributed by atoms with Crippen LogP contribution in [0.25, 0.3) is 0 Å². The second-order valence-corrected chi connectivity index (χ2v) is 5.82. The number of halogens is 1. The minimum absolute atomic E-state index is 0.0819. The van der Waals surface area contributed by atoms with Gasteiger partial charge in [0.1, 0.15) is 12.0 Å². The minimum atomic E-state index is -0.265. The number of benzene rings is 1. The molecule has 2 fully saturated rings. The Bertz CT molecular complexity index is 500. The van der Waals surface area contributed by atoms with E-state index in [0.717, 1.165) is 31.4 Å². The Balaban J connectivity index is 1.77. The topological polar surface area (TPSA) is 41.6 Å². The van der Waals surface area contributed by atoms with Gasteiger partial charge in [-0.25, -0.2) is 4.39 Å². The third kappa shape index (κ3) is 3.09. The number of nitrogens with one attached hydrogen (secondary N) is 1. The van der Waals surface area contributed by atoms with Crippen molar-refractivity contribution in [1.29, 1.82) is 0 Å². The maximum absolute atomic E-state index is 13.1. The molecule has 2 saturated heterocycles. The number of hydrogen-bond acceptors (Lipinski definition) is 3. The molecular weight excluding hydrogens is 271 g/mol. The molecule has 0 spiro atoms. The van der Waals surface area contributed by atoms with Gasteiger partial charge >= 0.3 is 0 Å². The SMILES string of the molecule is CC1NC(c2ccc(F)cc2)N(CC2CCCCO2)C1=O. The predicted octanol–water partition coefficient (Wildman–Crippen LogP) is 2.21. The Hall–Kier alpha value is -1.46. The summed E-state index contributed by atoms with van der Waals surface area (Å²) in [6.45, 7) is 3.23. The van der Waals surface area contributed by atoms with Gasteiger partial charge in [0, 0.05) is 13.2 Å². The van der Waals surface area contributed by atoms with E-state index in [0.29, 0.717) is 6.54 Å². The molecule has 1 N–H and O–H groups in total. The zero-order chi connectivity index (χ0) is 14.8. The fourth-order valence-electron chi connectivity index (χ4n) is 3.06. The van der Waals surface area contributed by atoms with Crippen molar-refractivity contribution < 1.29 is 13.9 Å². The number of ether oxygens (including phenoxy) is 1. The van der Waals surface area contributed by atoms with Crippen LogP contribution in [0.5, 0.6) is 0 Å². The highest BCUT2D eigenvalue weighted by atomic mass is 19.1. The van der Waals surface area contributed by atoms with Crippen molar-refractivity contribution in [3.8, 4) is 0 Å². The van der Waals surface area contributed by atoms with Crippen LogP contribution in [-0.4, -0.2) is 36.1 Å². The standard InChI is InChI=1S/C16H21FN2O2/c1-11-16(20)19(10-14-4-2-3-9-21-14)15(18-11)12-5-7-13(17)8-6-12/h5-8,11,14-15,18H,2-4,9-10H2,1H3. The van der Waals surface area contributed by atoms with E-state index < -0.39 is 0 Å². The molecule has 114 valence electrons. The summed E-state index contributed by atoms with van der Waals surface area (Å²) in [5.74, 6) is -0.184. The van der Waals surface area contributed by atoms with Crippen molar-refractivity contribution in [2.75, 3.05) is 13.2 Å². The third-order valence-electron chi connectivity index (χ3n) is 4.23. The Morgan fingerprint density at radius 3 is 2.76 bits per heavy atom. The lowest BCUT2D eigenvalue weighted by molar-refractivity contribution is -0.132. The van der Waals surface area contributed by atoms with Crippen LogP contribution >= 0.6 is 0 Å². The highest BCUT2D eigenvalue weighted by Crippen LogP contribution is 2.27. The molecule has 4 nitrogen and oxygen atoms in total. The van der Waals surface area contributed by atoms with Crippen LogP contribution in [0.4, 0.5) is 4.39 Å². The van der Waals surface area contributed by atoms with Crippen LogP contribution in [0.1, 0.15) is 37.9 Å². The van der Waals surface area contributed by atoms with Gasteiger partial charge in [-0.15, -0.1) is 0 Å². The third-order valence-corrected chi connectivity index (χ3v) is 4.23. The molecule has 0 bridgehead atoms. The van der Waals surface area contributed by atoms with Crippen molar-refractivity contribution in [1.82, 2.24) is 10.2 Å². The fourth-order valence-corrected chi connectivity index (χ4v) is 3.06. The summed E-state index contributed by atoms with van der Waals surface area (Å²) >= 11 is 0. The van der Waals surface area contributed by atoms with Gasteiger partial charge in [-0.3, -0.25) is 10.1 Å². The molecule has 3 atom stereocenters. The van der Waals surface area contributed by atoms with E-state index in [-0.39, 0.29) is 30.0 Å². The lowest BCUT2D eigenvalue weighted by Gasteiger charge is -2.31. The first-order valence-electron chi connectivity index (χ1n) is 7.59. The Labute approximate surface area is 124 Å². The van der Waals surface area contributed by atoms with Crippen LogP contribution in [0, 0.1) is 5.82 Å². The molecular formula is C16H21FN2O2. The molecule has 2 heterocycles. The number of rotatable bonds is 3. The first kappa shape index (κ1) is 14.5. The molecule has 0 aromatic heterocycles. The Kier molecular flexibility index (Phi) is 4.22. The number of carbonyl (C=O) groups excluding carboxylic acids is 1. The second kappa shape index (κ2) is 6.12. The maximum atomic E-state index is 13.1. The molecule has 3 unspecified atom stereocenters. The molecule has 1 amide bonds. The van der Waals surface area contributed by atoms with E-state index in [9.17, 15) is 9.18 Å². The zero-order valence-electron chi connectivity index (χ0n) is 12.2. The monoisotopic (exact) mass is 292 g/mol. The average Bonchev–Trinajstić information content (AvgIpc) is 2.78. The van der Waals surface area contributed by atoms with E-state index in [1.165, 1.54) is 12.1 Å². The van der Waals surface area contributed by atoms with E-state index >= 15 is 0 Å². The summed E-state index contributed by atoms with van der Waals surface area (Å²) in [5, 5.41) is 3.28. The summed E-state index contributed by atoms with van der Waals surface area (Å²) in [6.07, 6.45) is 3.16. The average molecular weight is 292 g/mol. The number of nitrogens with zero attached hydrogens (tertiary/aromatic N) is 1. The van der Waals surface area contributed by atoms with E-state index in [1.807, 2.05) is 11.8 Å². The molecule has 0 aliphatic carbocycles. The molecule has 0 radical (unpaired) electrons. The summed E-state index contributed by atoms with van der Waals surface area (Å²) in [6, 6.07) is 6.10. The van der Waals surface area contributed by atoms with Gasteiger partial charge in [-0.1, -0.05) is 12.1 Å². The van der Waals surface area contributed by atoms with E-state index in [2.05, 4.69) is 5.32 Å². The van der Waals surface area contributed by atoms with Gasteiger partial charge < -0.3 is 9.64 Å². The van der Waals surface area contributed by atoms with Crippen LogP contribution in [0.15, 0.2) is 24.3 Å². The smallest absolute Gasteiger partial charge is 0.241 e. The lowest BCUT2D eigenvalue weighted by Crippen LogP contribution is -2.39. The highest BCUT2D eigenvalue weighted by molar-refractivity contribution is 5.84. The van der Waals surface area contributed by atoms with Gasteiger partial charge in [0.25, 0.3) is 0 Å². The van der Waals surface area contributed by atoms with Crippen LogP contribution in [0.2, 0.25) is 0 Å². The molecule has 5 heteroatoms. The fraction of sp³-hybridized carbons (Fsp3) is 0.562. The van der Waals surface area contributed by atoms with Crippen LogP contribution in [0.3, 0.4) is 0 Å². The summed E-state index contributed by atoms with van der Waals surface area (Å²) in [7, 11) is 0. The molecule has 2 aliphatic rings. The van der Waals surface area contributed by atoms with Crippen molar-refractivity contribution in [3.05, 3.63) is 35.6 Å². The first-order valence-corrected chi connectivity index (χ1v) is 7.59. The number of carbonyl (C=O) groups is 1. The Morgan fingerprint density at radius 1 is 1.33 bits per heavy atom. The molecule has 21 heavy (non-hydrogen) atoms. The summed E-state index contributed by atoms with van der Waals surface area (Å²) in [5.41, 5.74) is 0.907.